The normalized spacial score (nSPS) is 19.8. The van der Waals surface area contributed by atoms with Gasteiger partial charge >= 0.3 is 0 Å². The van der Waals surface area contributed by atoms with Crippen LogP contribution < -0.4 is 4.74 Å². The molecule has 0 radical (unpaired) electrons. The highest BCUT2D eigenvalue weighted by atomic mass is 16.5. The standard InChI is InChI=1S/C27H34N4O3/c32-27(23-4-1-5-25(20-23)34-18-15-30-13-16-33-17-14-30)31-11-2-3-21(9-12-31)19-24-7-6-22-8-10-28-26(22)29-24/h1,4-8,10,20-21H,2-3,9,11-19H2,(H,28,29)/t21-/m0/s1. The number of nitrogens with zero attached hydrogens (tertiary/aromatic N) is 3. The average molecular weight is 463 g/mol. The Kier molecular flexibility index (Phi) is 7.41. The van der Waals surface area contributed by atoms with Gasteiger partial charge in [0.1, 0.15) is 18.0 Å². The molecule has 7 heteroatoms. The molecule has 1 atom stereocenters. The number of amides is 1. The summed E-state index contributed by atoms with van der Waals surface area (Å²) >= 11 is 0. The zero-order chi connectivity index (χ0) is 23.2. The van der Waals surface area contributed by atoms with Gasteiger partial charge in [-0.2, -0.15) is 0 Å². The molecule has 0 bridgehead atoms. The van der Waals surface area contributed by atoms with Crippen LogP contribution >= 0.6 is 0 Å². The van der Waals surface area contributed by atoms with Gasteiger partial charge in [0.05, 0.1) is 13.2 Å². The highest BCUT2D eigenvalue weighted by molar-refractivity contribution is 5.94. The zero-order valence-corrected chi connectivity index (χ0v) is 19.7. The molecule has 2 aromatic heterocycles. The van der Waals surface area contributed by atoms with Crippen LogP contribution in [0.1, 0.15) is 35.3 Å². The molecule has 5 rings (SSSR count). The third-order valence-corrected chi connectivity index (χ3v) is 6.96. The molecule has 1 amide bonds. The van der Waals surface area contributed by atoms with Crippen molar-refractivity contribution in [3.8, 4) is 5.75 Å². The Bertz CT molecular complexity index is 1090. The fourth-order valence-electron chi connectivity index (χ4n) is 4.97. The summed E-state index contributed by atoms with van der Waals surface area (Å²) < 4.78 is 11.3. The number of ether oxygens (including phenoxy) is 2. The van der Waals surface area contributed by atoms with Gasteiger partial charge in [0.2, 0.25) is 0 Å². The number of benzene rings is 1. The molecule has 2 fully saturated rings. The van der Waals surface area contributed by atoms with E-state index >= 15 is 0 Å². The second kappa shape index (κ2) is 11.0. The number of H-pyrrole nitrogens is 1. The van der Waals surface area contributed by atoms with Crippen LogP contribution in [0.4, 0.5) is 0 Å². The minimum atomic E-state index is 0.102. The van der Waals surface area contributed by atoms with Crippen LogP contribution in [0.3, 0.4) is 0 Å². The van der Waals surface area contributed by atoms with Gasteiger partial charge in [-0.05, 0) is 68.0 Å². The smallest absolute Gasteiger partial charge is 0.253 e. The van der Waals surface area contributed by atoms with E-state index in [0.29, 0.717) is 18.1 Å². The molecule has 0 spiro atoms. The Balaban J connectivity index is 1.13. The summed E-state index contributed by atoms with van der Waals surface area (Å²) in [7, 11) is 0. The van der Waals surface area contributed by atoms with Gasteiger partial charge in [0, 0.05) is 55.6 Å². The van der Waals surface area contributed by atoms with E-state index in [4.69, 9.17) is 14.5 Å². The fraction of sp³-hybridized carbons (Fsp3) is 0.481. The van der Waals surface area contributed by atoms with Crippen LogP contribution in [0.15, 0.2) is 48.7 Å². The third-order valence-electron chi connectivity index (χ3n) is 6.96. The quantitative estimate of drug-likeness (QED) is 0.579. The Labute approximate surface area is 201 Å². The first-order valence-electron chi connectivity index (χ1n) is 12.5. The first-order chi connectivity index (χ1) is 16.7. The van der Waals surface area contributed by atoms with Crippen molar-refractivity contribution >= 4 is 16.9 Å². The van der Waals surface area contributed by atoms with E-state index in [1.54, 1.807) is 0 Å². The van der Waals surface area contributed by atoms with Crippen molar-refractivity contribution in [2.24, 2.45) is 5.92 Å². The number of likely N-dealkylation sites (tertiary alicyclic amines) is 1. The molecule has 0 aliphatic carbocycles. The monoisotopic (exact) mass is 462 g/mol. The van der Waals surface area contributed by atoms with Gasteiger partial charge in [-0.25, -0.2) is 4.98 Å². The van der Waals surface area contributed by atoms with E-state index in [2.05, 4.69) is 22.0 Å². The van der Waals surface area contributed by atoms with Crippen molar-refractivity contribution in [3.63, 3.8) is 0 Å². The number of pyridine rings is 1. The van der Waals surface area contributed by atoms with Gasteiger partial charge in [0.15, 0.2) is 0 Å². The number of nitrogens with one attached hydrogen (secondary N) is 1. The van der Waals surface area contributed by atoms with Gasteiger partial charge in [0.25, 0.3) is 5.91 Å². The van der Waals surface area contributed by atoms with Crippen LogP contribution in [-0.4, -0.2) is 78.2 Å². The minimum Gasteiger partial charge on any atom is -0.492 e. The van der Waals surface area contributed by atoms with Crippen molar-refractivity contribution in [1.29, 1.82) is 0 Å². The second-order valence-electron chi connectivity index (χ2n) is 9.34. The summed E-state index contributed by atoms with van der Waals surface area (Å²) in [5, 5.41) is 1.15. The number of carbonyl (C=O) groups excluding carboxylic acids is 1. The number of fused-ring (bicyclic) bond motifs is 1. The molecule has 2 aliphatic rings. The van der Waals surface area contributed by atoms with Crippen LogP contribution in [0.2, 0.25) is 0 Å². The summed E-state index contributed by atoms with van der Waals surface area (Å²) in [6.45, 7) is 6.57. The Morgan fingerprint density at radius 3 is 2.91 bits per heavy atom. The summed E-state index contributed by atoms with van der Waals surface area (Å²) in [4.78, 5) is 25.6. The minimum absolute atomic E-state index is 0.102. The molecule has 180 valence electrons. The van der Waals surface area contributed by atoms with Gasteiger partial charge in [-0.15, -0.1) is 0 Å². The maximum atomic E-state index is 13.2. The number of hydrogen-bond acceptors (Lipinski definition) is 5. The number of rotatable bonds is 7. The van der Waals surface area contributed by atoms with Crippen molar-refractivity contribution in [3.05, 3.63) is 59.9 Å². The van der Waals surface area contributed by atoms with E-state index in [9.17, 15) is 4.79 Å². The molecule has 2 aliphatic heterocycles. The largest absolute Gasteiger partial charge is 0.492 e. The number of hydrogen-bond donors (Lipinski definition) is 1. The maximum absolute atomic E-state index is 13.2. The highest BCUT2D eigenvalue weighted by Gasteiger charge is 2.22. The molecule has 2 saturated heterocycles. The lowest BCUT2D eigenvalue weighted by atomic mass is 9.95. The van der Waals surface area contributed by atoms with Crippen molar-refractivity contribution in [1.82, 2.24) is 19.8 Å². The maximum Gasteiger partial charge on any atom is 0.253 e. The van der Waals surface area contributed by atoms with Crippen LogP contribution in [0.5, 0.6) is 5.75 Å². The van der Waals surface area contributed by atoms with Crippen molar-refractivity contribution in [2.45, 2.75) is 25.7 Å². The van der Waals surface area contributed by atoms with Gasteiger partial charge < -0.3 is 19.4 Å². The zero-order valence-electron chi connectivity index (χ0n) is 19.7. The number of aromatic amines is 1. The van der Waals surface area contributed by atoms with E-state index < -0.39 is 0 Å². The predicted molar refractivity (Wildman–Crippen MR) is 132 cm³/mol. The first-order valence-corrected chi connectivity index (χ1v) is 12.5. The van der Waals surface area contributed by atoms with Crippen molar-refractivity contribution < 1.29 is 14.3 Å². The summed E-state index contributed by atoms with van der Waals surface area (Å²) in [5.41, 5.74) is 2.79. The lowest BCUT2D eigenvalue weighted by molar-refractivity contribution is 0.0322. The number of morpholine rings is 1. The summed E-state index contributed by atoms with van der Waals surface area (Å²) in [6, 6.07) is 14.0. The SMILES string of the molecule is O=C(c1cccc(OCCN2CCOCC2)c1)N1CCC[C@H](Cc2ccc3cc[nH]c3n2)CC1. The van der Waals surface area contributed by atoms with Gasteiger partial charge in [-0.1, -0.05) is 6.07 Å². The summed E-state index contributed by atoms with van der Waals surface area (Å²) in [6.07, 6.45) is 6.05. The van der Waals surface area contributed by atoms with Gasteiger partial charge in [-0.3, -0.25) is 9.69 Å². The molecule has 3 aromatic rings. The first kappa shape index (κ1) is 22.9. The molecule has 7 nitrogen and oxygen atoms in total. The topological polar surface area (TPSA) is 70.7 Å². The number of carbonyl (C=O) groups is 1. The van der Waals surface area contributed by atoms with Crippen LogP contribution in [0.25, 0.3) is 11.0 Å². The van der Waals surface area contributed by atoms with E-state index in [1.165, 1.54) is 0 Å². The molecule has 4 heterocycles. The van der Waals surface area contributed by atoms with E-state index in [0.717, 1.165) is 94.1 Å². The predicted octanol–water partition coefficient (Wildman–Crippen LogP) is 3.76. The molecular weight excluding hydrogens is 428 g/mol. The lowest BCUT2D eigenvalue weighted by Crippen LogP contribution is -2.38. The molecule has 1 aromatic carbocycles. The molecule has 1 N–H and O–H groups in total. The third kappa shape index (κ3) is 5.77. The Morgan fingerprint density at radius 2 is 2.00 bits per heavy atom. The second-order valence-corrected chi connectivity index (χ2v) is 9.34. The van der Waals surface area contributed by atoms with Crippen LogP contribution in [0, 0.1) is 5.92 Å². The van der Waals surface area contributed by atoms with Crippen LogP contribution in [-0.2, 0) is 11.2 Å². The molecule has 0 saturated carbocycles. The fourth-order valence-corrected chi connectivity index (χ4v) is 4.97. The van der Waals surface area contributed by atoms with Crippen molar-refractivity contribution in [2.75, 3.05) is 52.5 Å². The Hall–Kier alpha value is -2.90. The Morgan fingerprint density at radius 1 is 1.09 bits per heavy atom. The highest BCUT2D eigenvalue weighted by Crippen LogP contribution is 2.24. The lowest BCUT2D eigenvalue weighted by Gasteiger charge is -2.26. The summed E-state index contributed by atoms with van der Waals surface area (Å²) in [5.74, 6) is 1.41. The van der Waals surface area contributed by atoms with E-state index in [1.807, 2.05) is 41.4 Å². The number of aromatic nitrogens is 2. The average Bonchev–Trinajstić information content (AvgIpc) is 3.22. The van der Waals surface area contributed by atoms with E-state index in [-0.39, 0.29) is 5.91 Å². The molecule has 0 unspecified atom stereocenters. The molecular formula is C27H34N4O3. The molecule has 34 heavy (non-hydrogen) atoms.